The van der Waals surface area contributed by atoms with E-state index in [1.54, 1.807) is 0 Å². The number of ketones is 1. The van der Waals surface area contributed by atoms with Gasteiger partial charge in [0.05, 0.1) is 6.10 Å². The van der Waals surface area contributed by atoms with E-state index in [2.05, 4.69) is 11.8 Å². The van der Waals surface area contributed by atoms with Crippen LogP contribution in [0, 0.1) is 28.9 Å². The second-order valence-electron chi connectivity index (χ2n) is 6.30. The highest BCUT2D eigenvalue weighted by molar-refractivity contribution is 5.93. The Balaban J connectivity index is 0.000000239. The number of hydrogen-bond acceptors (Lipinski definition) is 2. The Labute approximate surface area is 130 Å². The first kappa shape index (κ1) is 18.2. The number of carbonyl (C=O) groups is 1. The SMILES string of the molecule is CC(=O)C#CC(C)(C)C.Fc1ccc(OC2CCC2)cc1F. The van der Waals surface area contributed by atoms with Gasteiger partial charge in [-0.3, -0.25) is 4.79 Å². The minimum Gasteiger partial charge on any atom is -0.490 e. The van der Waals surface area contributed by atoms with E-state index in [9.17, 15) is 13.6 Å². The van der Waals surface area contributed by atoms with Crippen LogP contribution in [0.15, 0.2) is 18.2 Å². The molecule has 0 atom stereocenters. The Morgan fingerprint density at radius 3 is 2.23 bits per heavy atom. The maximum Gasteiger partial charge on any atom is 0.202 e. The van der Waals surface area contributed by atoms with Gasteiger partial charge >= 0.3 is 0 Å². The Kier molecular flexibility index (Phi) is 6.55. The molecule has 0 amide bonds. The molecule has 4 heteroatoms. The Bertz CT molecular complexity index is 573. The molecule has 0 heterocycles. The van der Waals surface area contributed by atoms with Gasteiger partial charge in [-0.1, -0.05) is 5.92 Å². The van der Waals surface area contributed by atoms with E-state index in [0.29, 0.717) is 5.75 Å². The number of halogens is 2. The van der Waals surface area contributed by atoms with Crippen molar-refractivity contribution in [1.82, 2.24) is 0 Å². The van der Waals surface area contributed by atoms with Crippen LogP contribution in [-0.4, -0.2) is 11.9 Å². The monoisotopic (exact) mass is 308 g/mol. The summed E-state index contributed by atoms with van der Waals surface area (Å²) in [6.07, 6.45) is 3.39. The van der Waals surface area contributed by atoms with Crippen LogP contribution in [0.2, 0.25) is 0 Å². The molecule has 0 bridgehead atoms. The molecule has 1 aromatic rings. The average Bonchev–Trinajstić information content (AvgIpc) is 2.36. The molecule has 120 valence electrons. The first-order valence-electron chi connectivity index (χ1n) is 7.33. The Hall–Kier alpha value is -1.89. The summed E-state index contributed by atoms with van der Waals surface area (Å²) in [6.45, 7) is 7.40. The molecule has 1 aliphatic carbocycles. The third-order valence-corrected chi connectivity index (χ3v) is 2.86. The van der Waals surface area contributed by atoms with Crippen molar-refractivity contribution < 1.29 is 18.3 Å². The van der Waals surface area contributed by atoms with Crippen molar-refractivity contribution in [3.63, 3.8) is 0 Å². The van der Waals surface area contributed by atoms with Gasteiger partial charge in [-0.05, 0) is 58.1 Å². The van der Waals surface area contributed by atoms with Crippen LogP contribution in [0.5, 0.6) is 5.75 Å². The van der Waals surface area contributed by atoms with Crippen LogP contribution in [0.1, 0.15) is 47.0 Å². The van der Waals surface area contributed by atoms with Gasteiger partial charge in [0.2, 0.25) is 5.78 Å². The van der Waals surface area contributed by atoms with Gasteiger partial charge in [0, 0.05) is 18.4 Å². The standard InChI is InChI=1S/C10H10F2O.C8H12O/c11-9-5-4-8(6-10(9)12)13-7-2-1-3-7;1-7(9)5-6-8(2,3)4/h4-7H,1-3H2;1-4H3. The van der Waals surface area contributed by atoms with E-state index in [1.807, 2.05) is 20.8 Å². The van der Waals surface area contributed by atoms with Gasteiger partial charge in [-0.15, -0.1) is 0 Å². The Morgan fingerprint density at radius 2 is 1.86 bits per heavy atom. The lowest BCUT2D eigenvalue weighted by molar-refractivity contribution is -0.111. The van der Waals surface area contributed by atoms with Crippen molar-refractivity contribution in [2.24, 2.45) is 5.41 Å². The van der Waals surface area contributed by atoms with E-state index in [0.717, 1.165) is 31.4 Å². The van der Waals surface area contributed by atoms with Crippen LogP contribution in [0.25, 0.3) is 0 Å². The smallest absolute Gasteiger partial charge is 0.202 e. The lowest BCUT2D eigenvalue weighted by Crippen LogP contribution is -2.24. The number of carbonyl (C=O) groups excluding carboxylic acids is 1. The molecule has 1 aliphatic rings. The van der Waals surface area contributed by atoms with Crippen molar-refractivity contribution in [3.8, 4) is 17.6 Å². The third-order valence-electron chi connectivity index (χ3n) is 2.86. The molecule has 1 saturated carbocycles. The first-order chi connectivity index (χ1) is 10.2. The highest BCUT2D eigenvalue weighted by Gasteiger charge is 2.19. The molecule has 0 radical (unpaired) electrons. The Morgan fingerprint density at radius 1 is 1.23 bits per heavy atom. The van der Waals surface area contributed by atoms with Crippen LogP contribution < -0.4 is 4.74 Å². The highest BCUT2D eigenvalue weighted by atomic mass is 19.2. The molecule has 0 unspecified atom stereocenters. The van der Waals surface area contributed by atoms with Crippen LogP contribution >= 0.6 is 0 Å². The van der Waals surface area contributed by atoms with Gasteiger partial charge in [-0.25, -0.2) is 8.78 Å². The number of benzene rings is 1. The quantitative estimate of drug-likeness (QED) is 0.593. The summed E-state index contributed by atoms with van der Waals surface area (Å²) < 4.78 is 30.6. The summed E-state index contributed by atoms with van der Waals surface area (Å²) >= 11 is 0. The summed E-state index contributed by atoms with van der Waals surface area (Å²) in [6, 6.07) is 3.63. The topological polar surface area (TPSA) is 26.3 Å². The lowest BCUT2D eigenvalue weighted by atomic mass is 9.96. The predicted molar refractivity (Wildman–Crippen MR) is 82.5 cm³/mol. The summed E-state index contributed by atoms with van der Waals surface area (Å²) in [4.78, 5) is 10.3. The maximum absolute atomic E-state index is 12.7. The predicted octanol–water partition coefficient (Wildman–Crippen LogP) is 4.52. The zero-order valence-electron chi connectivity index (χ0n) is 13.5. The molecule has 0 aliphatic heterocycles. The van der Waals surface area contributed by atoms with Crippen LogP contribution in [0.4, 0.5) is 8.78 Å². The van der Waals surface area contributed by atoms with Crippen molar-refractivity contribution in [2.45, 2.75) is 53.1 Å². The number of rotatable bonds is 2. The van der Waals surface area contributed by atoms with E-state index in [-0.39, 0.29) is 17.3 Å². The highest BCUT2D eigenvalue weighted by Crippen LogP contribution is 2.25. The van der Waals surface area contributed by atoms with Crippen LogP contribution in [-0.2, 0) is 4.79 Å². The molecular formula is C18H22F2O2. The molecule has 22 heavy (non-hydrogen) atoms. The zero-order valence-corrected chi connectivity index (χ0v) is 13.5. The van der Waals surface area contributed by atoms with Crippen molar-refractivity contribution >= 4 is 5.78 Å². The summed E-state index contributed by atoms with van der Waals surface area (Å²) in [5.41, 5.74) is -0.0499. The third kappa shape index (κ3) is 7.21. The fourth-order valence-electron chi connectivity index (χ4n) is 1.51. The van der Waals surface area contributed by atoms with Gasteiger partial charge in [0.15, 0.2) is 11.6 Å². The van der Waals surface area contributed by atoms with E-state index in [1.165, 1.54) is 13.0 Å². The molecule has 0 N–H and O–H groups in total. The zero-order chi connectivity index (χ0) is 16.8. The fourth-order valence-corrected chi connectivity index (χ4v) is 1.51. The van der Waals surface area contributed by atoms with Crippen molar-refractivity contribution in [1.29, 1.82) is 0 Å². The minimum atomic E-state index is -0.850. The van der Waals surface area contributed by atoms with Crippen molar-refractivity contribution in [2.75, 3.05) is 0 Å². The molecule has 2 rings (SSSR count). The van der Waals surface area contributed by atoms with Gasteiger partial charge in [-0.2, -0.15) is 0 Å². The molecule has 2 nitrogen and oxygen atoms in total. The summed E-state index contributed by atoms with van der Waals surface area (Å²) in [5, 5.41) is 0. The molecule has 0 aromatic heterocycles. The molecule has 1 aromatic carbocycles. The van der Waals surface area contributed by atoms with Gasteiger partial charge in [0.25, 0.3) is 0 Å². The van der Waals surface area contributed by atoms with Crippen molar-refractivity contribution in [3.05, 3.63) is 29.8 Å². The van der Waals surface area contributed by atoms with E-state index in [4.69, 9.17) is 4.74 Å². The minimum absolute atomic E-state index is 0.0499. The average molecular weight is 308 g/mol. The van der Waals surface area contributed by atoms with Gasteiger partial charge in [0.1, 0.15) is 5.75 Å². The second-order valence-corrected chi connectivity index (χ2v) is 6.30. The normalized spacial score (nSPS) is 13.9. The lowest BCUT2D eigenvalue weighted by Gasteiger charge is -2.26. The first-order valence-corrected chi connectivity index (χ1v) is 7.33. The maximum atomic E-state index is 12.7. The van der Waals surface area contributed by atoms with E-state index >= 15 is 0 Å². The second kappa shape index (κ2) is 7.93. The summed E-state index contributed by atoms with van der Waals surface area (Å²) in [5.74, 6) is 3.99. The number of ether oxygens (including phenoxy) is 1. The van der Waals surface area contributed by atoms with Crippen LogP contribution in [0.3, 0.4) is 0 Å². The summed E-state index contributed by atoms with van der Waals surface area (Å²) in [7, 11) is 0. The molecular weight excluding hydrogens is 286 g/mol. The molecule has 0 saturated heterocycles. The van der Waals surface area contributed by atoms with Gasteiger partial charge < -0.3 is 4.74 Å². The largest absolute Gasteiger partial charge is 0.490 e. The number of hydrogen-bond donors (Lipinski definition) is 0. The van der Waals surface area contributed by atoms with E-state index < -0.39 is 11.6 Å². The molecule has 1 fully saturated rings. The fraction of sp³-hybridized carbons (Fsp3) is 0.500. The molecule has 0 spiro atoms. The number of Topliss-reactive ketones (excluding diaryl/α,β-unsaturated/α-hetero) is 1.